The van der Waals surface area contributed by atoms with Crippen molar-refractivity contribution < 1.29 is 4.39 Å². The summed E-state index contributed by atoms with van der Waals surface area (Å²) in [5.41, 5.74) is 2.21. The SMILES string of the molecule is CCCNC(c1ccc(F)cc1)c1nc(C(C)(C)C)cs1. The van der Waals surface area contributed by atoms with Crippen molar-refractivity contribution in [2.24, 2.45) is 0 Å². The molecule has 1 heterocycles. The van der Waals surface area contributed by atoms with Crippen LogP contribution in [0.5, 0.6) is 0 Å². The summed E-state index contributed by atoms with van der Waals surface area (Å²) >= 11 is 1.67. The van der Waals surface area contributed by atoms with Crippen LogP contribution in [-0.2, 0) is 5.41 Å². The molecular weight excluding hydrogens is 283 g/mol. The Balaban J connectivity index is 2.31. The quantitative estimate of drug-likeness (QED) is 0.868. The molecule has 0 fully saturated rings. The highest BCUT2D eigenvalue weighted by atomic mass is 32.1. The molecule has 2 rings (SSSR count). The second-order valence-corrected chi connectivity index (χ2v) is 7.15. The number of thiazole rings is 1. The zero-order chi connectivity index (χ0) is 15.5. The number of nitrogens with zero attached hydrogens (tertiary/aromatic N) is 1. The van der Waals surface area contributed by atoms with Gasteiger partial charge in [0.25, 0.3) is 0 Å². The van der Waals surface area contributed by atoms with Gasteiger partial charge < -0.3 is 5.32 Å². The van der Waals surface area contributed by atoms with E-state index in [9.17, 15) is 4.39 Å². The Kier molecular flexibility index (Phi) is 5.12. The third-order valence-corrected chi connectivity index (χ3v) is 4.25. The van der Waals surface area contributed by atoms with Crippen LogP contribution in [0.25, 0.3) is 0 Å². The minimum absolute atomic E-state index is 0.0339. The topological polar surface area (TPSA) is 24.9 Å². The number of aromatic nitrogens is 1. The average molecular weight is 306 g/mol. The molecule has 114 valence electrons. The van der Waals surface area contributed by atoms with E-state index >= 15 is 0 Å². The van der Waals surface area contributed by atoms with Gasteiger partial charge in [-0.25, -0.2) is 9.37 Å². The molecule has 0 aliphatic rings. The second-order valence-electron chi connectivity index (χ2n) is 6.26. The van der Waals surface area contributed by atoms with Crippen LogP contribution in [0.1, 0.15) is 56.4 Å². The molecule has 1 atom stereocenters. The Bertz CT molecular complexity index is 569. The van der Waals surface area contributed by atoms with Crippen molar-refractivity contribution in [1.29, 1.82) is 0 Å². The minimum Gasteiger partial charge on any atom is -0.304 e. The van der Waals surface area contributed by atoms with Crippen LogP contribution >= 0.6 is 11.3 Å². The molecular formula is C17H23FN2S. The fraction of sp³-hybridized carbons (Fsp3) is 0.471. The smallest absolute Gasteiger partial charge is 0.123 e. The van der Waals surface area contributed by atoms with Crippen molar-refractivity contribution in [3.63, 3.8) is 0 Å². The molecule has 0 amide bonds. The Hall–Kier alpha value is -1.26. The molecule has 0 radical (unpaired) electrons. The van der Waals surface area contributed by atoms with Crippen LogP contribution in [-0.4, -0.2) is 11.5 Å². The first-order valence-corrected chi connectivity index (χ1v) is 8.24. The summed E-state index contributed by atoms with van der Waals surface area (Å²) < 4.78 is 13.1. The molecule has 4 heteroatoms. The first-order chi connectivity index (χ1) is 9.91. The van der Waals surface area contributed by atoms with Gasteiger partial charge >= 0.3 is 0 Å². The Morgan fingerprint density at radius 2 is 1.90 bits per heavy atom. The number of hydrogen-bond acceptors (Lipinski definition) is 3. The highest BCUT2D eigenvalue weighted by Gasteiger charge is 2.22. The van der Waals surface area contributed by atoms with Gasteiger partial charge in [-0.3, -0.25) is 0 Å². The van der Waals surface area contributed by atoms with E-state index in [1.54, 1.807) is 11.3 Å². The van der Waals surface area contributed by atoms with Crippen LogP contribution < -0.4 is 5.32 Å². The van der Waals surface area contributed by atoms with Gasteiger partial charge in [-0.2, -0.15) is 0 Å². The monoisotopic (exact) mass is 306 g/mol. The van der Waals surface area contributed by atoms with Gasteiger partial charge in [0.15, 0.2) is 0 Å². The summed E-state index contributed by atoms with van der Waals surface area (Å²) in [7, 11) is 0. The Morgan fingerprint density at radius 3 is 2.43 bits per heavy atom. The fourth-order valence-corrected chi connectivity index (χ4v) is 3.20. The van der Waals surface area contributed by atoms with Gasteiger partial charge in [0.1, 0.15) is 10.8 Å². The number of hydrogen-bond donors (Lipinski definition) is 1. The molecule has 0 aliphatic heterocycles. The van der Waals surface area contributed by atoms with E-state index in [-0.39, 0.29) is 17.3 Å². The van der Waals surface area contributed by atoms with Crippen molar-refractivity contribution in [3.05, 3.63) is 51.7 Å². The van der Waals surface area contributed by atoms with Crippen LogP contribution in [0.15, 0.2) is 29.6 Å². The van der Waals surface area contributed by atoms with Crippen LogP contribution in [0.2, 0.25) is 0 Å². The normalized spacial score (nSPS) is 13.4. The lowest BCUT2D eigenvalue weighted by Gasteiger charge is -2.18. The molecule has 1 aromatic carbocycles. The van der Waals surface area contributed by atoms with Crippen molar-refractivity contribution in [3.8, 4) is 0 Å². The molecule has 0 aliphatic carbocycles. The molecule has 1 aromatic heterocycles. The number of rotatable bonds is 5. The zero-order valence-corrected chi connectivity index (χ0v) is 13.9. The summed E-state index contributed by atoms with van der Waals surface area (Å²) in [5, 5.41) is 6.68. The first kappa shape index (κ1) is 16.1. The third kappa shape index (κ3) is 4.11. The van der Waals surface area contributed by atoms with E-state index in [2.05, 4.69) is 38.4 Å². The van der Waals surface area contributed by atoms with Gasteiger partial charge in [0.2, 0.25) is 0 Å². The van der Waals surface area contributed by atoms with E-state index in [4.69, 9.17) is 4.98 Å². The summed E-state index contributed by atoms with van der Waals surface area (Å²) in [6.07, 6.45) is 1.05. The molecule has 21 heavy (non-hydrogen) atoms. The number of halogens is 1. The molecule has 0 bridgehead atoms. The maximum absolute atomic E-state index is 13.1. The molecule has 0 saturated heterocycles. The predicted molar refractivity (Wildman–Crippen MR) is 87.4 cm³/mol. The van der Waals surface area contributed by atoms with E-state index in [1.165, 1.54) is 12.1 Å². The van der Waals surface area contributed by atoms with Crippen molar-refractivity contribution in [1.82, 2.24) is 10.3 Å². The summed E-state index contributed by atoms with van der Waals surface area (Å²) in [4.78, 5) is 4.80. The van der Waals surface area contributed by atoms with Gasteiger partial charge in [-0.1, -0.05) is 39.8 Å². The molecule has 2 nitrogen and oxygen atoms in total. The molecule has 1 N–H and O–H groups in total. The van der Waals surface area contributed by atoms with Crippen molar-refractivity contribution in [2.75, 3.05) is 6.54 Å². The van der Waals surface area contributed by atoms with E-state index < -0.39 is 0 Å². The van der Waals surface area contributed by atoms with Gasteiger partial charge in [-0.15, -0.1) is 11.3 Å². The largest absolute Gasteiger partial charge is 0.304 e. The highest BCUT2D eigenvalue weighted by Crippen LogP contribution is 2.30. The standard InChI is InChI=1S/C17H23FN2S/c1-5-10-19-15(12-6-8-13(18)9-7-12)16-20-14(11-21-16)17(2,3)4/h6-9,11,15,19H,5,10H2,1-4H3. The summed E-state index contributed by atoms with van der Waals surface area (Å²) in [5.74, 6) is -0.206. The average Bonchev–Trinajstić information content (AvgIpc) is 2.91. The summed E-state index contributed by atoms with van der Waals surface area (Å²) in [6, 6.07) is 6.72. The van der Waals surface area contributed by atoms with Gasteiger partial charge in [0.05, 0.1) is 11.7 Å². The molecule has 0 spiro atoms. The first-order valence-electron chi connectivity index (χ1n) is 7.36. The number of nitrogens with one attached hydrogen (secondary N) is 1. The minimum atomic E-state index is -0.206. The predicted octanol–water partition coefficient (Wildman–Crippen LogP) is 4.67. The third-order valence-electron chi connectivity index (χ3n) is 3.34. The lowest BCUT2D eigenvalue weighted by atomic mass is 9.93. The van der Waals surface area contributed by atoms with E-state index in [0.717, 1.165) is 29.2 Å². The van der Waals surface area contributed by atoms with Crippen LogP contribution in [0.3, 0.4) is 0 Å². The van der Waals surface area contributed by atoms with E-state index in [1.807, 2.05) is 12.1 Å². The second kappa shape index (κ2) is 6.67. The maximum atomic E-state index is 13.1. The van der Waals surface area contributed by atoms with Gasteiger partial charge in [-0.05, 0) is 30.7 Å². The molecule has 2 aromatic rings. The van der Waals surface area contributed by atoms with E-state index in [0.29, 0.717) is 0 Å². The van der Waals surface area contributed by atoms with Crippen LogP contribution in [0.4, 0.5) is 4.39 Å². The van der Waals surface area contributed by atoms with Crippen molar-refractivity contribution in [2.45, 2.75) is 45.6 Å². The molecule has 0 saturated carbocycles. The fourth-order valence-electron chi connectivity index (χ4n) is 2.06. The lowest BCUT2D eigenvalue weighted by molar-refractivity contribution is 0.557. The summed E-state index contributed by atoms with van der Waals surface area (Å²) in [6.45, 7) is 9.54. The van der Waals surface area contributed by atoms with Crippen LogP contribution in [0, 0.1) is 5.82 Å². The zero-order valence-electron chi connectivity index (χ0n) is 13.1. The van der Waals surface area contributed by atoms with Gasteiger partial charge in [0, 0.05) is 10.8 Å². The van der Waals surface area contributed by atoms with Crippen molar-refractivity contribution >= 4 is 11.3 Å². The Labute approximate surface area is 130 Å². The number of benzene rings is 1. The Morgan fingerprint density at radius 1 is 1.24 bits per heavy atom. The molecule has 1 unspecified atom stereocenters. The highest BCUT2D eigenvalue weighted by molar-refractivity contribution is 7.09. The lowest BCUT2D eigenvalue weighted by Crippen LogP contribution is -2.23. The maximum Gasteiger partial charge on any atom is 0.123 e.